The zero-order chi connectivity index (χ0) is 18.3. The van der Waals surface area contributed by atoms with E-state index < -0.39 is 0 Å². The number of rotatable bonds is 3. The molecule has 1 aromatic carbocycles. The van der Waals surface area contributed by atoms with E-state index in [1.807, 2.05) is 13.0 Å². The minimum Gasteiger partial charge on any atom is -0.349 e. The fraction of sp³-hybridized carbons (Fsp3) is 0.368. The Hall–Kier alpha value is -2.25. The van der Waals surface area contributed by atoms with Gasteiger partial charge in [0.25, 0.3) is 5.91 Å². The monoisotopic (exact) mass is 372 g/mol. The van der Waals surface area contributed by atoms with Gasteiger partial charge in [0.1, 0.15) is 10.6 Å². The molecule has 1 aliphatic carbocycles. The molecule has 2 aromatic heterocycles. The molecule has 0 spiro atoms. The summed E-state index contributed by atoms with van der Waals surface area (Å²) in [6.07, 6.45) is 3.77. The average Bonchev–Trinajstić information content (AvgIpc) is 3.19. The molecule has 26 heavy (non-hydrogen) atoms. The summed E-state index contributed by atoms with van der Waals surface area (Å²) in [7, 11) is 0. The summed E-state index contributed by atoms with van der Waals surface area (Å²) in [5.74, 6) is -0.330. The number of nitrogens with zero attached hydrogens (tertiary/aromatic N) is 2. The summed E-state index contributed by atoms with van der Waals surface area (Å²) in [5.41, 5.74) is 7.56. The first-order valence-corrected chi connectivity index (χ1v) is 9.64. The van der Waals surface area contributed by atoms with E-state index in [-0.39, 0.29) is 23.8 Å². The van der Waals surface area contributed by atoms with Crippen LogP contribution in [0.4, 0.5) is 4.39 Å². The maximum Gasteiger partial charge on any atom is 0.261 e. The van der Waals surface area contributed by atoms with Crippen molar-refractivity contribution in [2.45, 2.75) is 44.7 Å². The van der Waals surface area contributed by atoms with Crippen LogP contribution >= 0.6 is 11.3 Å². The van der Waals surface area contributed by atoms with Crippen molar-refractivity contribution in [3.05, 3.63) is 46.7 Å². The molecule has 5 nitrogen and oxygen atoms in total. The van der Waals surface area contributed by atoms with Crippen LogP contribution in [-0.4, -0.2) is 27.8 Å². The van der Waals surface area contributed by atoms with Gasteiger partial charge in [0, 0.05) is 17.5 Å². The third-order valence-corrected chi connectivity index (χ3v) is 6.06. The van der Waals surface area contributed by atoms with Crippen molar-refractivity contribution in [1.82, 2.24) is 15.1 Å². The first kappa shape index (κ1) is 17.2. The lowest BCUT2D eigenvalue weighted by atomic mass is 9.92. The second kappa shape index (κ2) is 6.81. The lowest BCUT2D eigenvalue weighted by Gasteiger charge is -2.26. The van der Waals surface area contributed by atoms with Crippen LogP contribution in [-0.2, 0) is 0 Å². The second-order valence-corrected chi connectivity index (χ2v) is 7.92. The van der Waals surface area contributed by atoms with Crippen molar-refractivity contribution in [1.29, 1.82) is 0 Å². The number of carbonyl (C=O) groups excluding carboxylic acids is 1. The van der Waals surface area contributed by atoms with Gasteiger partial charge in [-0.3, -0.25) is 4.79 Å². The number of thiophene rings is 1. The summed E-state index contributed by atoms with van der Waals surface area (Å²) < 4.78 is 15.0. The van der Waals surface area contributed by atoms with Gasteiger partial charge < -0.3 is 11.1 Å². The maximum atomic E-state index is 13.2. The van der Waals surface area contributed by atoms with Crippen LogP contribution in [0.1, 0.15) is 41.0 Å². The van der Waals surface area contributed by atoms with Crippen molar-refractivity contribution in [2.24, 2.45) is 5.73 Å². The Balaban J connectivity index is 1.60. The van der Waals surface area contributed by atoms with Gasteiger partial charge in [0.2, 0.25) is 0 Å². The molecule has 0 bridgehead atoms. The van der Waals surface area contributed by atoms with Crippen LogP contribution < -0.4 is 11.1 Å². The first-order valence-electron chi connectivity index (χ1n) is 8.83. The van der Waals surface area contributed by atoms with Crippen molar-refractivity contribution in [3.63, 3.8) is 0 Å². The van der Waals surface area contributed by atoms with Crippen LogP contribution in [0.25, 0.3) is 15.9 Å². The Morgan fingerprint density at radius 3 is 2.65 bits per heavy atom. The van der Waals surface area contributed by atoms with Crippen LogP contribution in [0, 0.1) is 12.7 Å². The molecule has 0 atom stereocenters. The second-order valence-electron chi connectivity index (χ2n) is 6.89. The minimum atomic E-state index is -0.285. The number of hydrogen-bond acceptors (Lipinski definition) is 4. The summed E-state index contributed by atoms with van der Waals surface area (Å²) in [6, 6.07) is 8.55. The van der Waals surface area contributed by atoms with E-state index >= 15 is 0 Å². The zero-order valence-electron chi connectivity index (χ0n) is 14.5. The Labute approximate surface area is 155 Å². The van der Waals surface area contributed by atoms with Gasteiger partial charge in [-0.1, -0.05) is 0 Å². The summed E-state index contributed by atoms with van der Waals surface area (Å²) in [6.45, 7) is 1.92. The summed E-state index contributed by atoms with van der Waals surface area (Å²) in [5, 5.41) is 8.62. The van der Waals surface area contributed by atoms with E-state index in [0.29, 0.717) is 4.88 Å². The van der Waals surface area contributed by atoms with E-state index in [1.165, 1.54) is 23.5 Å². The van der Waals surface area contributed by atoms with E-state index in [4.69, 9.17) is 5.73 Å². The predicted octanol–water partition coefficient (Wildman–Crippen LogP) is 3.53. The largest absolute Gasteiger partial charge is 0.349 e. The van der Waals surface area contributed by atoms with Crippen molar-refractivity contribution >= 4 is 27.5 Å². The average molecular weight is 372 g/mol. The molecule has 0 unspecified atom stereocenters. The predicted molar refractivity (Wildman–Crippen MR) is 101 cm³/mol. The van der Waals surface area contributed by atoms with Crippen LogP contribution in [0.2, 0.25) is 0 Å². The van der Waals surface area contributed by atoms with Gasteiger partial charge in [-0.05, 0) is 62.9 Å². The molecule has 1 aliphatic rings. The standard InChI is InChI=1S/C19H21FN4OS/c1-11-16-10-17(18(25)22-14-6-4-13(21)5-7-14)26-19(16)24(23-11)15-8-2-12(20)3-9-15/h2-3,8-10,13-14H,4-7,21H2,1H3,(H,22,25). The Morgan fingerprint density at radius 1 is 1.27 bits per heavy atom. The highest BCUT2D eigenvalue weighted by molar-refractivity contribution is 7.20. The minimum absolute atomic E-state index is 0.0447. The Morgan fingerprint density at radius 2 is 1.96 bits per heavy atom. The Bertz CT molecular complexity index is 939. The van der Waals surface area contributed by atoms with Crippen LogP contribution in [0.3, 0.4) is 0 Å². The van der Waals surface area contributed by atoms with E-state index in [9.17, 15) is 9.18 Å². The molecular weight excluding hydrogens is 351 g/mol. The van der Waals surface area contributed by atoms with E-state index in [0.717, 1.165) is 47.3 Å². The molecule has 7 heteroatoms. The van der Waals surface area contributed by atoms with Gasteiger partial charge >= 0.3 is 0 Å². The van der Waals surface area contributed by atoms with Gasteiger partial charge in [-0.15, -0.1) is 11.3 Å². The molecule has 1 fully saturated rings. The van der Waals surface area contributed by atoms with Crippen LogP contribution in [0.5, 0.6) is 0 Å². The van der Waals surface area contributed by atoms with Gasteiger partial charge in [-0.25, -0.2) is 9.07 Å². The molecule has 3 aromatic rings. The highest BCUT2D eigenvalue weighted by Crippen LogP contribution is 2.30. The first-order chi connectivity index (χ1) is 12.5. The van der Waals surface area contributed by atoms with E-state index in [2.05, 4.69) is 10.4 Å². The summed E-state index contributed by atoms with van der Waals surface area (Å²) in [4.78, 5) is 14.2. The third-order valence-electron chi connectivity index (χ3n) is 4.95. The fourth-order valence-corrected chi connectivity index (χ4v) is 4.52. The SMILES string of the molecule is Cc1nn(-c2ccc(F)cc2)c2sc(C(=O)NC3CCC(N)CC3)cc12. The van der Waals surface area contributed by atoms with Crippen molar-refractivity contribution in [3.8, 4) is 5.69 Å². The molecule has 0 saturated heterocycles. The lowest BCUT2D eigenvalue weighted by Crippen LogP contribution is -2.40. The molecule has 1 saturated carbocycles. The number of fused-ring (bicyclic) bond motifs is 1. The number of hydrogen-bond donors (Lipinski definition) is 2. The van der Waals surface area contributed by atoms with Gasteiger partial charge in [-0.2, -0.15) is 5.10 Å². The molecule has 0 radical (unpaired) electrons. The molecule has 136 valence electrons. The third kappa shape index (κ3) is 3.24. The number of halogens is 1. The van der Waals surface area contributed by atoms with Crippen molar-refractivity contribution < 1.29 is 9.18 Å². The number of carbonyl (C=O) groups is 1. The molecular formula is C19H21FN4OS. The number of aromatic nitrogens is 2. The summed E-state index contributed by atoms with van der Waals surface area (Å²) >= 11 is 1.41. The van der Waals surface area contributed by atoms with Gasteiger partial charge in [0.15, 0.2) is 0 Å². The molecule has 1 amide bonds. The zero-order valence-corrected chi connectivity index (χ0v) is 15.4. The fourth-order valence-electron chi connectivity index (χ4n) is 3.44. The molecule has 2 heterocycles. The topological polar surface area (TPSA) is 72.9 Å². The van der Waals surface area contributed by atoms with Gasteiger partial charge in [0.05, 0.1) is 16.3 Å². The van der Waals surface area contributed by atoms with E-state index in [1.54, 1.807) is 16.8 Å². The maximum absolute atomic E-state index is 13.2. The number of nitrogens with one attached hydrogen (secondary N) is 1. The quantitative estimate of drug-likeness (QED) is 0.739. The number of aryl methyl sites for hydroxylation is 1. The number of benzene rings is 1. The number of nitrogens with two attached hydrogens (primary N) is 1. The highest BCUT2D eigenvalue weighted by Gasteiger charge is 2.22. The van der Waals surface area contributed by atoms with Crippen molar-refractivity contribution in [2.75, 3.05) is 0 Å². The highest BCUT2D eigenvalue weighted by atomic mass is 32.1. The number of amides is 1. The smallest absolute Gasteiger partial charge is 0.261 e. The molecule has 4 rings (SSSR count). The molecule has 0 aliphatic heterocycles. The van der Waals surface area contributed by atoms with Crippen LogP contribution in [0.15, 0.2) is 30.3 Å². The normalized spacial score (nSPS) is 20.4. The Kier molecular flexibility index (Phi) is 4.50. The molecule has 3 N–H and O–H groups in total. The lowest BCUT2D eigenvalue weighted by molar-refractivity contribution is 0.0930.